The topological polar surface area (TPSA) is 43.9 Å². The second-order valence-corrected chi connectivity index (χ2v) is 21.0. The summed E-state index contributed by atoms with van der Waals surface area (Å²) in [7, 11) is 0. The summed E-state index contributed by atoms with van der Waals surface area (Å²) in [5, 5.41) is 6.16. The summed E-state index contributed by atoms with van der Waals surface area (Å²) in [5.74, 6) is 1.15. The first-order chi connectivity index (χ1) is 33.9. The summed E-state index contributed by atoms with van der Waals surface area (Å²) >= 11 is 0. The van der Waals surface area contributed by atoms with Gasteiger partial charge in [-0.2, -0.15) is 0 Å². The third-order valence-corrected chi connectivity index (χ3v) is 13.1. The molecule has 3 heterocycles. The minimum absolute atomic E-state index is 0. The fraction of sp³-hybridized carbons (Fsp3) is 0.231. The van der Waals surface area contributed by atoms with Crippen molar-refractivity contribution < 1.29 is 27.3 Å². The monoisotopic (exact) mass is 1090 g/mol. The van der Waals surface area contributed by atoms with E-state index in [4.69, 9.17) is 9.40 Å². The molecule has 0 amide bonds. The van der Waals surface area contributed by atoms with E-state index in [1.165, 1.54) is 27.8 Å². The molecule has 0 fully saturated rings. The summed E-state index contributed by atoms with van der Waals surface area (Å²) in [6.07, 6.45) is 0.176. The van der Waals surface area contributed by atoms with Crippen LogP contribution in [0.2, 0.25) is 0 Å². The van der Waals surface area contributed by atoms with Crippen molar-refractivity contribution >= 4 is 54.5 Å². The molecule has 0 aliphatic carbocycles. The molecule has 3 aromatic heterocycles. The molecule has 11 rings (SSSR count). The maximum Gasteiger partial charge on any atom is 0.121 e. The predicted octanol–water partition coefficient (Wildman–Crippen LogP) is 18.0. The van der Waals surface area contributed by atoms with Gasteiger partial charge < -0.3 is 14.0 Å². The van der Waals surface area contributed by atoms with Crippen molar-refractivity contribution in [3.8, 4) is 39.5 Å². The van der Waals surface area contributed by atoms with Gasteiger partial charge >= 0.3 is 0 Å². The maximum atomic E-state index is 9.55. The Morgan fingerprint density at radius 1 is 0.657 bits per heavy atom. The van der Waals surface area contributed by atoms with E-state index in [-0.39, 0.29) is 37.4 Å². The van der Waals surface area contributed by atoms with Gasteiger partial charge in [0, 0.05) is 40.1 Å². The Morgan fingerprint density at radius 3 is 2.04 bits per heavy atom. The summed E-state index contributed by atoms with van der Waals surface area (Å²) in [6, 6.07) is 61.5. The molecular weight excluding hydrogens is 1030 g/mol. The van der Waals surface area contributed by atoms with Gasteiger partial charge in [-0.1, -0.05) is 171 Å². The molecule has 0 bridgehead atoms. The fourth-order valence-electron chi connectivity index (χ4n) is 9.62. The van der Waals surface area contributed by atoms with E-state index in [2.05, 4.69) is 191 Å². The zero-order valence-electron chi connectivity index (χ0n) is 43.8. The first-order valence-electron chi connectivity index (χ1n) is 25.3. The minimum atomic E-state index is -1.70. The number of hydrogen-bond donors (Lipinski definition) is 0. The zero-order chi connectivity index (χ0) is 50.0. The van der Waals surface area contributed by atoms with Crippen LogP contribution in [-0.2, 0) is 31.9 Å². The number of imidazole rings is 1. The van der Waals surface area contributed by atoms with Gasteiger partial charge in [0.2, 0.25) is 0 Å². The van der Waals surface area contributed by atoms with Crippen LogP contribution in [0.1, 0.15) is 106 Å². The Morgan fingerprint density at radius 2 is 1.34 bits per heavy atom. The summed E-state index contributed by atoms with van der Waals surface area (Å²) in [4.78, 5) is 9.77. The van der Waals surface area contributed by atoms with E-state index < -0.39 is 11.8 Å². The molecule has 11 aromatic rings. The first-order valence-corrected chi connectivity index (χ1v) is 24.3. The molecule has 353 valence electrons. The zero-order valence-corrected chi connectivity index (χ0v) is 44.2. The van der Waals surface area contributed by atoms with Gasteiger partial charge in [-0.15, -0.1) is 53.6 Å². The Bertz CT molecular complexity index is 3730. The van der Waals surface area contributed by atoms with Crippen LogP contribution >= 0.6 is 0 Å². The predicted molar refractivity (Wildman–Crippen MR) is 292 cm³/mol. The number of rotatable bonds is 7. The molecule has 1 radical (unpaired) electrons. The average Bonchev–Trinajstić information content (AvgIpc) is 3.93. The Labute approximate surface area is 430 Å². The number of pyridine rings is 1. The third kappa shape index (κ3) is 9.38. The molecule has 0 unspecified atom stereocenters. The van der Waals surface area contributed by atoms with E-state index in [0.29, 0.717) is 22.3 Å². The number of nitrogens with zero attached hydrogens (tertiary/aromatic N) is 3. The Kier molecular flexibility index (Phi) is 12.6. The van der Waals surface area contributed by atoms with Crippen molar-refractivity contribution in [1.82, 2.24) is 14.5 Å². The van der Waals surface area contributed by atoms with Gasteiger partial charge in [0.1, 0.15) is 5.58 Å². The number of furan rings is 1. The number of fused-ring (bicyclic) bond motifs is 7. The van der Waals surface area contributed by atoms with Gasteiger partial charge in [0.05, 0.1) is 22.4 Å². The molecule has 70 heavy (non-hydrogen) atoms. The normalized spacial score (nSPS) is 12.7. The third-order valence-electron chi connectivity index (χ3n) is 13.1. The van der Waals surface area contributed by atoms with Crippen molar-refractivity contribution in [2.45, 2.75) is 92.9 Å². The SMILES string of the molecule is CC(C)(C)c1ccnc(-c2[c-]cccc2)c1.[2H]C([2H])(c1c[c-]c(-c2nc3ccccc3n2-c2c(C(C)C)cc(-c3ccccc3)cc2C(C)C)c2oc3cc4c(ccc5ccccc54)cc3c12)C(C)(C)C.[Ir]. The van der Waals surface area contributed by atoms with Crippen LogP contribution in [0.15, 0.2) is 168 Å². The molecule has 0 atom stereocenters. The molecule has 0 saturated heterocycles. The quantitative estimate of drug-likeness (QED) is 0.118. The van der Waals surface area contributed by atoms with Crippen LogP contribution in [0, 0.1) is 17.5 Å². The molecule has 0 aliphatic heterocycles. The van der Waals surface area contributed by atoms with Crippen molar-refractivity contribution in [2.75, 3.05) is 0 Å². The van der Waals surface area contributed by atoms with Crippen LogP contribution < -0.4 is 0 Å². The number of hydrogen-bond acceptors (Lipinski definition) is 3. The fourth-order valence-corrected chi connectivity index (χ4v) is 9.62. The molecule has 8 aromatic carbocycles. The van der Waals surface area contributed by atoms with Crippen molar-refractivity contribution in [2.24, 2.45) is 5.41 Å². The summed E-state index contributed by atoms with van der Waals surface area (Å²) in [5.41, 5.74) is 13.2. The smallest absolute Gasteiger partial charge is 0.121 e. The standard InChI is InChI=1S/C50H45N2O.C15H16N.Ir/c1-30(2)39-26-36(32-15-9-8-10-16-32)27-40(31(3)4)47(39)52-44-20-14-13-19-43(44)51-49(52)38-24-23-35(29-50(5,6)7)46-42-25-34-22-21-33-17-11-12-18-37(33)41(34)28-45(42)53-48(38)46;1-15(2,3)13-9-10-16-14(11-13)12-7-5-4-6-8-12;/h8-23,25-28,30-31H,29H2,1-7H3;4-7,9-11H,1-3H3;/q2*-1;/i29D2;;. The van der Waals surface area contributed by atoms with Crippen LogP contribution in [0.25, 0.3) is 94.0 Å². The minimum Gasteiger partial charge on any atom is -0.501 e. The molecule has 0 aliphatic rings. The summed E-state index contributed by atoms with van der Waals surface area (Å²) in [6.45, 7) is 21.5. The second kappa shape index (κ2) is 19.3. The van der Waals surface area contributed by atoms with Gasteiger partial charge in [-0.25, -0.2) is 0 Å². The van der Waals surface area contributed by atoms with E-state index in [0.717, 1.165) is 66.1 Å². The molecule has 0 N–H and O–H groups in total. The number of aromatic nitrogens is 3. The number of benzene rings is 8. The average molecular weight is 1090 g/mol. The van der Waals surface area contributed by atoms with Crippen molar-refractivity contribution in [3.05, 3.63) is 198 Å². The molecule has 5 heteroatoms. The number of para-hydroxylation sites is 2. The second-order valence-electron chi connectivity index (χ2n) is 21.0. The van der Waals surface area contributed by atoms with Crippen molar-refractivity contribution in [3.63, 3.8) is 0 Å². The first kappa shape index (κ1) is 45.8. The van der Waals surface area contributed by atoms with Gasteiger partial charge in [-0.3, -0.25) is 4.98 Å². The van der Waals surface area contributed by atoms with Crippen LogP contribution in [0.5, 0.6) is 0 Å². The summed E-state index contributed by atoms with van der Waals surface area (Å²) < 4.78 is 28.4. The van der Waals surface area contributed by atoms with Crippen LogP contribution in [0.3, 0.4) is 0 Å². The van der Waals surface area contributed by atoms with E-state index in [1.807, 2.05) is 63.4 Å². The maximum absolute atomic E-state index is 9.55. The van der Waals surface area contributed by atoms with Gasteiger partial charge in [0.15, 0.2) is 0 Å². The molecule has 0 saturated carbocycles. The van der Waals surface area contributed by atoms with Crippen LogP contribution in [-0.4, -0.2) is 14.5 Å². The van der Waals surface area contributed by atoms with E-state index in [1.54, 1.807) is 0 Å². The Balaban J connectivity index is 0.000000321. The Hall–Kier alpha value is -6.65. The van der Waals surface area contributed by atoms with Gasteiger partial charge in [0.25, 0.3) is 0 Å². The van der Waals surface area contributed by atoms with E-state index >= 15 is 0 Å². The molecule has 0 spiro atoms. The largest absolute Gasteiger partial charge is 0.501 e. The van der Waals surface area contributed by atoms with Crippen LogP contribution in [0.4, 0.5) is 0 Å². The molecular formula is C65H61IrN3O-2. The van der Waals surface area contributed by atoms with E-state index in [9.17, 15) is 2.74 Å². The van der Waals surface area contributed by atoms with Gasteiger partial charge in [-0.05, 0) is 120 Å². The molecule has 4 nitrogen and oxygen atoms in total. The van der Waals surface area contributed by atoms with Crippen molar-refractivity contribution in [1.29, 1.82) is 0 Å².